The molecule has 0 saturated carbocycles. The van der Waals surface area contributed by atoms with Gasteiger partial charge in [-0.25, -0.2) is 0 Å². The highest BCUT2D eigenvalue weighted by atomic mass is 32.1. The van der Waals surface area contributed by atoms with Crippen LogP contribution in [0.1, 0.15) is 48.0 Å². The van der Waals surface area contributed by atoms with Gasteiger partial charge in [-0.15, -0.1) is 0 Å². The summed E-state index contributed by atoms with van der Waals surface area (Å²) in [5, 5.41) is 21.7. The van der Waals surface area contributed by atoms with Crippen molar-refractivity contribution in [2.45, 2.75) is 38.6 Å². The molecule has 7 nitrogen and oxygen atoms in total. The Morgan fingerprint density at radius 2 is 2.14 bits per heavy atom. The second-order valence-corrected chi connectivity index (χ2v) is 6.96. The van der Waals surface area contributed by atoms with Crippen molar-refractivity contribution in [1.82, 2.24) is 9.55 Å². The molecule has 1 aromatic carbocycles. The number of aromatic hydroxyl groups is 1. The molecule has 2 N–H and O–H groups in total. The molecule has 1 heterocycles. The number of aliphatic imine (C=N–C) groups is 1. The number of hydrogen-bond donors (Lipinski definition) is 2. The highest BCUT2D eigenvalue weighted by Crippen LogP contribution is 2.23. The van der Waals surface area contributed by atoms with Crippen LogP contribution >= 0.6 is 12.2 Å². The number of aromatic carboxylic acids is 1. The first-order chi connectivity index (χ1) is 13.5. The zero-order chi connectivity index (χ0) is 20.1. The molecule has 28 heavy (non-hydrogen) atoms. The van der Waals surface area contributed by atoms with Crippen LogP contribution in [0.25, 0.3) is 0 Å². The number of para-hydroxylation sites is 1. The number of rotatable bonds is 6. The predicted molar refractivity (Wildman–Crippen MR) is 107 cm³/mol. The van der Waals surface area contributed by atoms with E-state index in [1.807, 2.05) is 0 Å². The summed E-state index contributed by atoms with van der Waals surface area (Å²) in [6.45, 7) is 0.434. The summed E-state index contributed by atoms with van der Waals surface area (Å²) in [7, 11) is 0. The summed E-state index contributed by atoms with van der Waals surface area (Å²) in [6.07, 6.45) is 8.54. The molecule has 0 spiro atoms. The number of carbonyl (C=O) groups excluding carboxylic acids is 1. The Morgan fingerprint density at radius 3 is 2.86 bits per heavy atom. The third kappa shape index (κ3) is 4.45. The molecule has 0 fully saturated rings. The van der Waals surface area contributed by atoms with E-state index in [-0.39, 0.29) is 27.5 Å². The molecule has 2 aromatic rings. The van der Waals surface area contributed by atoms with E-state index in [1.54, 1.807) is 12.1 Å². The van der Waals surface area contributed by atoms with Crippen molar-refractivity contribution >= 4 is 30.1 Å². The zero-order valence-electron chi connectivity index (χ0n) is 15.2. The Balaban J connectivity index is 1.91. The summed E-state index contributed by atoms with van der Waals surface area (Å²) in [4.78, 5) is 30.0. The van der Waals surface area contributed by atoms with Gasteiger partial charge in [-0.2, -0.15) is 0 Å². The normalized spacial score (nSPS) is 14.2. The molecule has 0 amide bonds. The smallest absolute Gasteiger partial charge is 0.264 e. The lowest BCUT2D eigenvalue weighted by atomic mass is 9.97. The van der Waals surface area contributed by atoms with Crippen LogP contribution in [-0.2, 0) is 6.54 Å². The predicted octanol–water partition coefficient (Wildman–Crippen LogP) is 2.62. The Hall–Kier alpha value is -3.00. The minimum absolute atomic E-state index is 0.0839. The third-order valence-corrected chi connectivity index (χ3v) is 5.03. The van der Waals surface area contributed by atoms with E-state index < -0.39 is 11.5 Å². The molecule has 0 atom stereocenters. The average Bonchev–Trinajstić information content (AvgIpc) is 2.68. The Kier molecular flexibility index (Phi) is 6.20. The van der Waals surface area contributed by atoms with Gasteiger partial charge in [0.25, 0.3) is 5.56 Å². The van der Waals surface area contributed by atoms with Crippen molar-refractivity contribution in [3.8, 4) is 5.88 Å². The first-order valence-electron chi connectivity index (χ1n) is 9.06. The summed E-state index contributed by atoms with van der Waals surface area (Å²) < 4.78 is 1.59. The number of carboxylic acid groups (broad SMARTS) is 1. The van der Waals surface area contributed by atoms with Gasteiger partial charge in [-0.05, 0) is 50.4 Å². The molecule has 146 valence electrons. The van der Waals surface area contributed by atoms with Gasteiger partial charge in [0.15, 0.2) is 4.77 Å². The van der Waals surface area contributed by atoms with Gasteiger partial charge < -0.3 is 15.0 Å². The number of allylic oxidation sites excluding steroid dienone is 2. The van der Waals surface area contributed by atoms with Crippen molar-refractivity contribution in [3.05, 3.63) is 62.2 Å². The Bertz CT molecular complexity index is 1070. The SMILES string of the molecule is O=C([O-])c1ccccc1N=Cc1c(O)n(CCC2=CCCCC2)c(=S)[nH]c1=O. The lowest BCUT2D eigenvalue weighted by Crippen LogP contribution is -2.22. The van der Waals surface area contributed by atoms with Gasteiger partial charge in [0.1, 0.15) is 5.56 Å². The molecule has 0 aliphatic heterocycles. The Morgan fingerprint density at radius 1 is 1.36 bits per heavy atom. The number of nitrogens with zero attached hydrogens (tertiary/aromatic N) is 2. The fraction of sp³-hybridized carbons (Fsp3) is 0.300. The van der Waals surface area contributed by atoms with Crippen LogP contribution in [0.2, 0.25) is 0 Å². The van der Waals surface area contributed by atoms with E-state index in [4.69, 9.17) is 12.2 Å². The molecule has 1 aliphatic rings. The minimum atomic E-state index is -1.37. The molecule has 0 unspecified atom stereocenters. The number of aromatic amines is 1. The fourth-order valence-corrected chi connectivity index (χ4v) is 3.45. The van der Waals surface area contributed by atoms with Crippen LogP contribution < -0.4 is 10.7 Å². The second-order valence-electron chi connectivity index (χ2n) is 6.57. The van der Waals surface area contributed by atoms with Crippen LogP contribution in [0.5, 0.6) is 5.88 Å². The number of aromatic nitrogens is 2. The Labute approximate surface area is 166 Å². The van der Waals surface area contributed by atoms with E-state index in [0.29, 0.717) is 6.54 Å². The highest BCUT2D eigenvalue weighted by Gasteiger charge is 2.12. The highest BCUT2D eigenvalue weighted by molar-refractivity contribution is 7.71. The van der Waals surface area contributed by atoms with Gasteiger partial charge in [0, 0.05) is 18.3 Å². The molecule has 8 heteroatoms. The first kappa shape index (κ1) is 19.8. The first-order valence-corrected chi connectivity index (χ1v) is 9.46. The van der Waals surface area contributed by atoms with E-state index in [2.05, 4.69) is 16.1 Å². The molecule has 1 aromatic heterocycles. The van der Waals surface area contributed by atoms with Gasteiger partial charge in [0.05, 0.1) is 11.7 Å². The van der Waals surface area contributed by atoms with Crippen LogP contribution in [0.4, 0.5) is 5.69 Å². The topological polar surface area (TPSA) is 111 Å². The van der Waals surface area contributed by atoms with Crippen LogP contribution in [0.3, 0.4) is 0 Å². The number of carbonyl (C=O) groups is 1. The van der Waals surface area contributed by atoms with Crippen molar-refractivity contribution in [2.24, 2.45) is 4.99 Å². The molecule has 0 saturated heterocycles. The van der Waals surface area contributed by atoms with E-state index >= 15 is 0 Å². The summed E-state index contributed by atoms with van der Waals surface area (Å²) in [5.74, 6) is -1.66. The maximum atomic E-state index is 12.2. The van der Waals surface area contributed by atoms with Crippen LogP contribution in [-0.4, -0.2) is 26.8 Å². The molecule has 0 radical (unpaired) electrons. The van der Waals surface area contributed by atoms with E-state index in [0.717, 1.165) is 31.9 Å². The maximum absolute atomic E-state index is 12.2. The van der Waals surface area contributed by atoms with Crippen molar-refractivity contribution in [3.63, 3.8) is 0 Å². The number of H-pyrrole nitrogens is 1. The second kappa shape index (κ2) is 8.79. The van der Waals surface area contributed by atoms with Crippen molar-refractivity contribution < 1.29 is 15.0 Å². The molecule has 1 aliphatic carbocycles. The lowest BCUT2D eigenvalue weighted by molar-refractivity contribution is -0.254. The summed E-state index contributed by atoms with van der Waals surface area (Å²) >= 11 is 5.18. The summed E-state index contributed by atoms with van der Waals surface area (Å²) in [6, 6.07) is 6.01. The van der Waals surface area contributed by atoms with Crippen molar-refractivity contribution in [2.75, 3.05) is 0 Å². The van der Waals surface area contributed by atoms with Gasteiger partial charge >= 0.3 is 0 Å². The molecule has 0 bridgehead atoms. The summed E-state index contributed by atoms with van der Waals surface area (Å²) in [5.41, 5.74) is 0.663. The quantitative estimate of drug-likeness (QED) is 0.441. The average molecular weight is 398 g/mol. The fourth-order valence-electron chi connectivity index (χ4n) is 3.18. The van der Waals surface area contributed by atoms with Gasteiger partial charge in [0.2, 0.25) is 5.88 Å². The van der Waals surface area contributed by atoms with Gasteiger partial charge in [-0.3, -0.25) is 19.3 Å². The number of nitrogens with one attached hydrogen (secondary N) is 1. The monoisotopic (exact) mass is 398 g/mol. The van der Waals surface area contributed by atoms with Crippen LogP contribution in [0.15, 0.2) is 45.7 Å². The van der Waals surface area contributed by atoms with Crippen molar-refractivity contribution in [1.29, 1.82) is 0 Å². The zero-order valence-corrected chi connectivity index (χ0v) is 16.0. The van der Waals surface area contributed by atoms with E-state index in [1.165, 1.54) is 28.7 Å². The maximum Gasteiger partial charge on any atom is 0.264 e. The van der Waals surface area contributed by atoms with Gasteiger partial charge in [-0.1, -0.05) is 29.8 Å². The lowest BCUT2D eigenvalue weighted by Gasteiger charge is -2.15. The van der Waals surface area contributed by atoms with Crippen LogP contribution in [0, 0.1) is 4.77 Å². The third-order valence-electron chi connectivity index (χ3n) is 4.71. The number of benzene rings is 1. The van der Waals surface area contributed by atoms with E-state index in [9.17, 15) is 19.8 Å². The standard InChI is InChI=1S/C20H21N3O4S/c24-17-15(12-21-16-9-5-4-8-14(16)19(26)27)18(25)23(20(28)22-17)11-10-13-6-2-1-3-7-13/h4-6,8-9,12,25H,1-3,7,10-11H2,(H,26,27)(H,22,24,28)/p-1. The number of hydrogen-bond acceptors (Lipinski definition) is 6. The molecule has 3 rings (SSSR count). The number of carboxylic acids is 1. The largest absolute Gasteiger partial charge is 0.545 e. The molecular weight excluding hydrogens is 378 g/mol. The minimum Gasteiger partial charge on any atom is -0.545 e. The molecular formula is C20H20N3O4S-.